The highest BCUT2D eigenvalue weighted by Gasteiger charge is 2.21. The fraction of sp³-hybridized carbons (Fsp3) is 0. The van der Waals surface area contributed by atoms with E-state index in [0.29, 0.717) is 4.88 Å². The summed E-state index contributed by atoms with van der Waals surface area (Å²) < 4.78 is 0.746. The van der Waals surface area contributed by atoms with Gasteiger partial charge in [0, 0.05) is 4.47 Å². The van der Waals surface area contributed by atoms with E-state index in [-0.39, 0.29) is 16.7 Å². The Balaban J connectivity index is 2.67. The molecule has 5 nitrogen and oxygen atoms in total. The Labute approximate surface area is 107 Å². The Morgan fingerprint density at radius 2 is 2.31 bits per heavy atom. The average Bonchev–Trinajstić information content (AvgIpc) is 2.63. The minimum atomic E-state index is -0.530. The Bertz CT molecular complexity index is 560. The highest BCUT2D eigenvalue weighted by Crippen LogP contribution is 2.37. The van der Waals surface area contributed by atoms with Crippen LogP contribution in [0.3, 0.4) is 0 Å². The molecule has 2 heterocycles. The summed E-state index contributed by atoms with van der Waals surface area (Å²) in [5, 5.41) is 12.6. The van der Waals surface area contributed by atoms with Crippen molar-refractivity contribution in [2.24, 2.45) is 0 Å². The van der Waals surface area contributed by atoms with Crippen molar-refractivity contribution < 1.29 is 4.92 Å². The van der Waals surface area contributed by atoms with Crippen LogP contribution in [0.4, 0.5) is 5.69 Å². The van der Waals surface area contributed by atoms with Gasteiger partial charge >= 0.3 is 5.69 Å². The molecule has 0 saturated carbocycles. The van der Waals surface area contributed by atoms with Crippen molar-refractivity contribution in [1.29, 1.82) is 0 Å². The first kappa shape index (κ1) is 11.4. The van der Waals surface area contributed by atoms with Crippen LogP contribution in [0.5, 0.6) is 0 Å². The quantitative estimate of drug-likeness (QED) is 0.482. The second kappa shape index (κ2) is 4.44. The molecule has 8 heteroatoms. The molecule has 0 aliphatic carbocycles. The third kappa shape index (κ3) is 2.06. The maximum absolute atomic E-state index is 10.8. The fourth-order valence-electron chi connectivity index (χ4n) is 1.12. The van der Waals surface area contributed by atoms with E-state index in [2.05, 4.69) is 25.9 Å². The summed E-state index contributed by atoms with van der Waals surface area (Å²) in [4.78, 5) is 18.4. The second-order valence-electron chi connectivity index (χ2n) is 2.73. The lowest BCUT2D eigenvalue weighted by Gasteiger charge is -2.00. The predicted octanol–water partition coefficient (Wildman–Crippen LogP) is 3.53. The van der Waals surface area contributed by atoms with Gasteiger partial charge in [0.05, 0.1) is 9.80 Å². The number of halogens is 2. The summed E-state index contributed by atoms with van der Waals surface area (Å²) in [5.74, 6) is 0. The summed E-state index contributed by atoms with van der Waals surface area (Å²) in [7, 11) is 0. The topological polar surface area (TPSA) is 68.9 Å². The molecule has 0 aliphatic heterocycles. The molecule has 0 unspecified atom stereocenters. The van der Waals surface area contributed by atoms with E-state index >= 15 is 0 Å². The first-order valence-electron chi connectivity index (χ1n) is 4.00. The molecule has 0 aliphatic rings. The third-order valence-corrected chi connectivity index (χ3v) is 3.80. The first-order valence-corrected chi connectivity index (χ1v) is 6.05. The van der Waals surface area contributed by atoms with Crippen LogP contribution in [0.1, 0.15) is 0 Å². The molecule has 2 aromatic heterocycles. The Morgan fingerprint density at radius 1 is 1.56 bits per heavy atom. The van der Waals surface area contributed by atoms with Gasteiger partial charge in [-0.25, -0.2) is 9.97 Å². The molecule has 0 fully saturated rings. The lowest BCUT2D eigenvalue weighted by atomic mass is 10.3. The predicted molar refractivity (Wildman–Crippen MR) is 64.7 cm³/mol. The van der Waals surface area contributed by atoms with E-state index in [1.54, 1.807) is 11.4 Å². The molecular formula is C8H3BrClN3O2S. The molecule has 2 aromatic rings. The van der Waals surface area contributed by atoms with Crippen molar-refractivity contribution in [3.63, 3.8) is 0 Å². The van der Waals surface area contributed by atoms with E-state index in [1.807, 2.05) is 0 Å². The highest BCUT2D eigenvalue weighted by molar-refractivity contribution is 9.10. The largest absolute Gasteiger partial charge is 0.314 e. The molecule has 82 valence electrons. The molecule has 0 atom stereocenters. The summed E-state index contributed by atoms with van der Waals surface area (Å²) in [5.41, 5.74) is 0.0689. The van der Waals surface area contributed by atoms with Gasteiger partial charge in [-0.05, 0) is 39.0 Å². The van der Waals surface area contributed by atoms with Gasteiger partial charge in [0.1, 0.15) is 6.20 Å². The van der Waals surface area contributed by atoms with Gasteiger partial charge in [0.15, 0.2) is 5.69 Å². The zero-order valence-corrected chi connectivity index (χ0v) is 10.7. The minimum absolute atomic E-state index is 0.0131. The molecule has 2 rings (SSSR count). The Hall–Kier alpha value is -1.05. The molecule has 16 heavy (non-hydrogen) atoms. The van der Waals surface area contributed by atoms with E-state index in [0.717, 1.165) is 10.7 Å². The van der Waals surface area contributed by atoms with Crippen molar-refractivity contribution in [2.45, 2.75) is 0 Å². The van der Waals surface area contributed by atoms with Crippen molar-refractivity contribution in [3.8, 4) is 10.6 Å². The van der Waals surface area contributed by atoms with Crippen molar-refractivity contribution >= 4 is 44.6 Å². The lowest BCUT2D eigenvalue weighted by Crippen LogP contribution is -1.96. The van der Waals surface area contributed by atoms with Crippen LogP contribution in [0.25, 0.3) is 10.6 Å². The van der Waals surface area contributed by atoms with Gasteiger partial charge in [-0.1, -0.05) is 0 Å². The zero-order valence-electron chi connectivity index (χ0n) is 7.55. The second-order valence-corrected chi connectivity index (χ2v) is 4.84. The van der Waals surface area contributed by atoms with Crippen LogP contribution in [-0.4, -0.2) is 14.9 Å². The highest BCUT2D eigenvalue weighted by atomic mass is 79.9. The summed E-state index contributed by atoms with van der Waals surface area (Å²) in [6.45, 7) is 0. The van der Waals surface area contributed by atoms with Gasteiger partial charge in [0.25, 0.3) is 0 Å². The van der Waals surface area contributed by atoms with Gasteiger partial charge in [-0.3, -0.25) is 10.1 Å². The normalized spacial score (nSPS) is 10.4. The summed E-state index contributed by atoms with van der Waals surface area (Å²) in [6.07, 6.45) is 1.11. The molecular weight excluding hydrogens is 318 g/mol. The maximum atomic E-state index is 10.8. The van der Waals surface area contributed by atoms with E-state index in [9.17, 15) is 10.1 Å². The number of aromatic nitrogens is 2. The molecule has 0 radical (unpaired) electrons. The number of nitro groups is 1. The molecule has 0 bridgehead atoms. The minimum Gasteiger partial charge on any atom is -0.258 e. The SMILES string of the molecule is O=[N+]([O-])c1cnc(Cl)nc1-c1sccc1Br. The standard InChI is InChI=1S/C8H3BrClN3O2S/c9-4-1-2-16-7(4)6-5(13(14)15)3-11-8(10)12-6/h1-3H. The fourth-order valence-corrected chi connectivity index (χ4v) is 2.81. The Kier molecular flexibility index (Phi) is 3.17. The monoisotopic (exact) mass is 319 g/mol. The number of nitrogens with zero attached hydrogens (tertiary/aromatic N) is 3. The number of hydrogen-bond donors (Lipinski definition) is 0. The smallest absolute Gasteiger partial charge is 0.258 e. The van der Waals surface area contributed by atoms with E-state index in [1.165, 1.54) is 11.3 Å². The number of rotatable bonds is 2. The molecule has 0 aromatic carbocycles. The molecule has 0 amide bonds. The molecule has 0 N–H and O–H groups in total. The maximum Gasteiger partial charge on any atom is 0.314 e. The van der Waals surface area contributed by atoms with Crippen molar-refractivity contribution in [1.82, 2.24) is 9.97 Å². The van der Waals surface area contributed by atoms with Gasteiger partial charge in [-0.2, -0.15) is 0 Å². The molecule has 0 spiro atoms. The van der Waals surface area contributed by atoms with Gasteiger partial charge in [0.2, 0.25) is 5.28 Å². The first-order chi connectivity index (χ1) is 7.59. The zero-order chi connectivity index (χ0) is 11.7. The van der Waals surface area contributed by atoms with Gasteiger partial charge in [-0.15, -0.1) is 11.3 Å². The van der Waals surface area contributed by atoms with Crippen LogP contribution < -0.4 is 0 Å². The van der Waals surface area contributed by atoms with Crippen LogP contribution in [0.15, 0.2) is 22.1 Å². The van der Waals surface area contributed by atoms with Crippen molar-refractivity contribution in [2.75, 3.05) is 0 Å². The van der Waals surface area contributed by atoms with E-state index in [4.69, 9.17) is 11.6 Å². The van der Waals surface area contributed by atoms with Crippen LogP contribution in [0.2, 0.25) is 5.28 Å². The molecule has 0 saturated heterocycles. The summed E-state index contributed by atoms with van der Waals surface area (Å²) in [6, 6.07) is 1.79. The third-order valence-electron chi connectivity index (χ3n) is 1.77. The van der Waals surface area contributed by atoms with Crippen LogP contribution in [0, 0.1) is 10.1 Å². The van der Waals surface area contributed by atoms with Crippen molar-refractivity contribution in [3.05, 3.63) is 37.5 Å². The van der Waals surface area contributed by atoms with Crippen LogP contribution >= 0.6 is 38.9 Å². The number of hydrogen-bond acceptors (Lipinski definition) is 5. The summed E-state index contributed by atoms with van der Waals surface area (Å²) >= 11 is 10.3. The number of thiophene rings is 1. The van der Waals surface area contributed by atoms with Crippen LogP contribution in [-0.2, 0) is 0 Å². The lowest BCUT2D eigenvalue weighted by molar-refractivity contribution is -0.384. The van der Waals surface area contributed by atoms with E-state index < -0.39 is 4.92 Å². The average molecular weight is 321 g/mol. The van der Waals surface area contributed by atoms with Gasteiger partial charge < -0.3 is 0 Å². The Morgan fingerprint density at radius 3 is 2.88 bits per heavy atom.